The molecule has 1 aromatic carbocycles. The van der Waals surface area contributed by atoms with E-state index in [1.807, 2.05) is 0 Å². The van der Waals surface area contributed by atoms with E-state index in [2.05, 4.69) is 4.98 Å². The number of carboxylic acids is 1. The first-order chi connectivity index (χ1) is 10.0. The second-order valence-electron chi connectivity index (χ2n) is 4.57. The molecule has 6 nitrogen and oxygen atoms in total. The third-order valence-electron chi connectivity index (χ3n) is 3.32. The lowest BCUT2D eigenvalue weighted by molar-refractivity contribution is -0.140. The fraction of sp³-hybridized carbons (Fsp3) is 0.231. The Morgan fingerprint density at radius 1 is 1.33 bits per heavy atom. The first-order valence-corrected chi connectivity index (χ1v) is 8.77. The van der Waals surface area contributed by atoms with E-state index in [1.165, 1.54) is 17.8 Å². The van der Waals surface area contributed by atoms with Gasteiger partial charge in [0.2, 0.25) is 10.0 Å². The molecule has 1 aliphatic heterocycles. The minimum absolute atomic E-state index is 0.0989. The van der Waals surface area contributed by atoms with Crippen LogP contribution >= 0.6 is 11.8 Å². The SMILES string of the molecule is O=C(O)[C@@H]1CSCN1S(=O)(=O)c1cccc2ncccc12. The lowest BCUT2D eigenvalue weighted by Crippen LogP contribution is -2.41. The first kappa shape index (κ1) is 14.3. The maximum absolute atomic E-state index is 12.8. The Labute approximate surface area is 125 Å². The van der Waals surface area contributed by atoms with Gasteiger partial charge in [-0.15, -0.1) is 11.8 Å². The zero-order chi connectivity index (χ0) is 15.0. The molecule has 2 heterocycles. The van der Waals surface area contributed by atoms with Gasteiger partial charge in [-0.3, -0.25) is 9.78 Å². The standard InChI is InChI=1S/C13H12N2O4S2/c16-13(17)11-7-20-8-15(11)21(18,19)12-5-1-4-10-9(12)3-2-6-14-10/h1-6,11H,7-8H2,(H,16,17)/t11-/m0/s1. The van der Waals surface area contributed by atoms with Gasteiger partial charge in [-0.1, -0.05) is 6.07 Å². The number of nitrogens with zero attached hydrogens (tertiary/aromatic N) is 2. The highest BCUT2D eigenvalue weighted by Gasteiger charge is 2.40. The van der Waals surface area contributed by atoms with E-state index in [9.17, 15) is 18.3 Å². The molecule has 8 heteroatoms. The largest absolute Gasteiger partial charge is 0.480 e. The molecule has 3 rings (SSSR count). The molecule has 1 saturated heterocycles. The second-order valence-corrected chi connectivity index (χ2v) is 7.43. The van der Waals surface area contributed by atoms with E-state index in [-0.39, 0.29) is 16.5 Å². The highest BCUT2D eigenvalue weighted by Crippen LogP contribution is 2.31. The van der Waals surface area contributed by atoms with Crippen molar-refractivity contribution in [2.75, 3.05) is 11.6 Å². The number of thioether (sulfide) groups is 1. The van der Waals surface area contributed by atoms with E-state index in [0.29, 0.717) is 10.9 Å². The fourth-order valence-corrected chi connectivity index (χ4v) is 5.62. The number of sulfonamides is 1. The monoisotopic (exact) mass is 324 g/mol. The number of aromatic nitrogens is 1. The summed E-state index contributed by atoms with van der Waals surface area (Å²) in [7, 11) is -3.87. The summed E-state index contributed by atoms with van der Waals surface area (Å²) >= 11 is 1.30. The Bertz CT molecular complexity index is 801. The van der Waals surface area contributed by atoms with Crippen LogP contribution in [0.3, 0.4) is 0 Å². The summed E-state index contributed by atoms with van der Waals surface area (Å²) in [6.45, 7) is 0. The molecule has 1 fully saturated rings. The first-order valence-electron chi connectivity index (χ1n) is 6.18. The van der Waals surface area contributed by atoms with Crippen molar-refractivity contribution in [3.8, 4) is 0 Å². The van der Waals surface area contributed by atoms with Crippen LogP contribution in [0.15, 0.2) is 41.4 Å². The number of fused-ring (bicyclic) bond motifs is 1. The Kier molecular flexibility index (Phi) is 3.60. The zero-order valence-corrected chi connectivity index (χ0v) is 12.5. The van der Waals surface area contributed by atoms with E-state index in [4.69, 9.17) is 0 Å². The molecular weight excluding hydrogens is 312 g/mol. The van der Waals surface area contributed by atoms with Gasteiger partial charge >= 0.3 is 5.97 Å². The average Bonchev–Trinajstić information content (AvgIpc) is 2.97. The molecule has 0 bridgehead atoms. The predicted molar refractivity (Wildman–Crippen MR) is 79.5 cm³/mol. The van der Waals surface area contributed by atoms with Gasteiger partial charge in [-0.05, 0) is 24.3 Å². The molecule has 1 aromatic heterocycles. The van der Waals surface area contributed by atoms with E-state index in [1.54, 1.807) is 30.5 Å². The lowest BCUT2D eigenvalue weighted by Gasteiger charge is -2.20. The summed E-state index contributed by atoms with van der Waals surface area (Å²) in [5, 5.41) is 9.68. The minimum atomic E-state index is -3.87. The van der Waals surface area contributed by atoms with Gasteiger partial charge in [-0.25, -0.2) is 8.42 Å². The van der Waals surface area contributed by atoms with Gasteiger partial charge in [0.1, 0.15) is 6.04 Å². The summed E-state index contributed by atoms with van der Waals surface area (Å²) < 4.78 is 26.6. The number of aliphatic carboxylic acids is 1. The second kappa shape index (κ2) is 5.28. The van der Waals surface area contributed by atoms with Gasteiger partial charge < -0.3 is 5.11 Å². The molecule has 21 heavy (non-hydrogen) atoms. The van der Waals surface area contributed by atoms with Crippen LogP contribution < -0.4 is 0 Å². The highest BCUT2D eigenvalue weighted by molar-refractivity contribution is 8.00. The number of rotatable bonds is 3. The Balaban J connectivity index is 2.15. The molecule has 1 atom stereocenters. The summed E-state index contributed by atoms with van der Waals surface area (Å²) in [6.07, 6.45) is 1.59. The third-order valence-corrected chi connectivity index (χ3v) is 6.41. The van der Waals surface area contributed by atoms with Gasteiger partial charge in [0.25, 0.3) is 0 Å². The number of carbonyl (C=O) groups is 1. The average molecular weight is 324 g/mol. The number of pyridine rings is 1. The molecule has 110 valence electrons. The molecule has 0 amide bonds. The van der Waals surface area contributed by atoms with Crippen molar-refractivity contribution in [1.29, 1.82) is 0 Å². The van der Waals surface area contributed by atoms with Crippen molar-refractivity contribution in [3.63, 3.8) is 0 Å². The molecule has 1 aliphatic rings. The van der Waals surface area contributed by atoms with E-state index >= 15 is 0 Å². The van der Waals surface area contributed by atoms with Gasteiger partial charge in [0.05, 0.1) is 16.3 Å². The summed E-state index contributed by atoms with van der Waals surface area (Å²) in [5.41, 5.74) is 0.567. The van der Waals surface area contributed by atoms with Crippen LogP contribution in [0.2, 0.25) is 0 Å². The summed E-state index contributed by atoms with van der Waals surface area (Å²) in [5.74, 6) is -0.713. The number of carboxylic acid groups (broad SMARTS) is 1. The van der Waals surface area contributed by atoms with Crippen molar-refractivity contribution in [2.24, 2.45) is 0 Å². The van der Waals surface area contributed by atoms with Crippen LogP contribution in [-0.4, -0.2) is 46.5 Å². The normalized spacial score (nSPS) is 19.9. The number of hydrogen-bond acceptors (Lipinski definition) is 5. The molecule has 0 aliphatic carbocycles. The van der Waals surface area contributed by atoms with Crippen LogP contribution in [0, 0.1) is 0 Å². The van der Waals surface area contributed by atoms with Crippen LogP contribution in [0.25, 0.3) is 10.9 Å². The minimum Gasteiger partial charge on any atom is -0.480 e. The van der Waals surface area contributed by atoms with Gasteiger partial charge in [-0.2, -0.15) is 4.31 Å². The maximum Gasteiger partial charge on any atom is 0.322 e. The Hall–Kier alpha value is -1.64. The molecule has 2 aromatic rings. The summed E-state index contributed by atoms with van der Waals surface area (Å²) in [4.78, 5) is 15.5. The molecular formula is C13H12N2O4S2. The quantitative estimate of drug-likeness (QED) is 0.918. The maximum atomic E-state index is 12.8. The van der Waals surface area contributed by atoms with Crippen molar-refractivity contribution >= 4 is 38.7 Å². The molecule has 0 spiro atoms. The van der Waals surface area contributed by atoms with Crippen LogP contribution in [0.4, 0.5) is 0 Å². The Morgan fingerprint density at radius 2 is 2.14 bits per heavy atom. The van der Waals surface area contributed by atoms with Crippen molar-refractivity contribution in [2.45, 2.75) is 10.9 Å². The third kappa shape index (κ3) is 2.39. The molecule has 0 saturated carbocycles. The Morgan fingerprint density at radius 3 is 2.90 bits per heavy atom. The molecule has 1 N–H and O–H groups in total. The van der Waals surface area contributed by atoms with Crippen molar-refractivity contribution in [3.05, 3.63) is 36.5 Å². The number of hydrogen-bond donors (Lipinski definition) is 1. The van der Waals surface area contributed by atoms with Crippen LogP contribution in [-0.2, 0) is 14.8 Å². The van der Waals surface area contributed by atoms with E-state index < -0.39 is 22.0 Å². The van der Waals surface area contributed by atoms with Crippen molar-refractivity contribution in [1.82, 2.24) is 9.29 Å². The lowest BCUT2D eigenvalue weighted by atomic mass is 10.2. The number of benzene rings is 1. The molecule has 0 unspecified atom stereocenters. The summed E-state index contributed by atoms with van der Waals surface area (Å²) in [6, 6.07) is 7.14. The van der Waals surface area contributed by atoms with Gasteiger partial charge in [0, 0.05) is 17.3 Å². The zero-order valence-electron chi connectivity index (χ0n) is 10.8. The van der Waals surface area contributed by atoms with E-state index in [0.717, 1.165) is 4.31 Å². The highest BCUT2D eigenvalue weighted by atomic mass is 32.2. The van der Waals surface area contributed by atoms with Crippen LogP contribution in [0.5, 0.6) is 0 Å². The van der Waals surface area contributed by atoms with Crippen LogP contribution in [0.1, 0.15) is 0 Å². The predicted octanol–water partition coefficient (Wildman–Crippen LogP) is 1.38. The fourth-order valence-electron chi connectivity index (χ4n) is 2.29. The molecule has 0 radical (unpaired) electrons. The van der Waals surface area contributed by atoms with Gasteiger partial charge in [0.15, 0.2) is 0 Å². The van der Waals surface area contributed by atoms with Crippen molar-refractivity contribution < 1.29 is 18.3 Å². The smallest absolute Gasteiger partial charge is 0.322 e. The topological polar surface area (TPSA) is 87.6 Å².